The second-order valence-electron chi connectivity index (χ2n) is 3.51. The smallest absolute Gasteiger partial charge is 0.313 e. The third-order valence-electron chi connectivity index (χ3n) is 2.51. The number of benzene rings is 1. The van der Waals surface area contributed by atoms with Crippen molar-refractivity contribution in [3.63, 3.8) is 0 Å². The molecule has 0 radical (unpaired) electrons. The Bertz CT molecular complexity index is 330. The minimum atomic E-state index is -0.256. The topological polar surface area (TPSA) is 26.3 Å². The highest BCUT2D eigenvalue weighted by Crippen LogP contribution is 2.26. The van der Waals surface area contributed by atoms with Gasteiger partial charge < -0.3 is 4.74 Å². The SMILES string of the molecule is C=CC(C)C(C(=O)OC)c1ccccc1. The Hall–Kier alpha value is -1.57. The summed E-state index contributed by atoms with van der Waals surface area (Å²) in [5.41, 5.74) is 0.969. The largest absolute Gasteiger partial charge is 0.469 e. The number of allylic oxidation sites excluding steroid dienone is 1. The molecule has 0 saturated heterocycles. The van der Waals surface area contributed by atoms with Gasteiger partial charge in [0.25, 0.3) is 0 Å². The van der Waals surface area contributed by atoms with Crippen molar-refractivity contribution in [2.45, 2.75) is 12.8 Å². The highest BCUT2D eigenvalue weighted by Gasteiger charge is 2.25. The summed E-state index contributed by atoms with van der Waals surface area (Å²) in [7, 11) is 1.41. The van der Waals surface area contributed by atoms with Gasteiger partial charge in [-0.3, -0.25) is 4.79 Å². The van der Waals surface area contributed by atoms with Crippen LogP contribution >= 0.6 is 0 Å². The van der Waals surface area contributed by atoms with Gasteiger partial charge in [-0.15, -0.1) is 6.58 Å². The first-order valence-corrected chi connectivity index (χ1v) is 4.96. The number of hydrogen-bond donors (Lipinski definition) is 0. The Labute approximate surface area is 90.6 Å². The lowest BCUT2D eigenvalue weighted by Crippen LogP contribution is -2.20. The highest BCUT2D eigenvalue weighted by molar-refractivity contribution is 5.78. The van der Waals surface area contributed by atoms with Crippen molar-refractivity contribution in [1.82, 2.24) is 0 Å². The molecule has 0 amide bonds. The Morgan fingerprint density at radius 3 is 2.47 bits per heavy atom. The van der Waals surface area contributed by atoms with E-state index >= 15 is 0 Å². The normalized spacial score (nSPS) is 14.0. The Morgan fingerprint density at radius 2 is 2.00 bits per heavy atom. The third-order valence-corrected chi connectivity index (χ3v) is 2.51. The van der Waals surface area contributed by atoms with E-state index < -0.39 is 0 Å². The number of hydrogen-bond acceptors (Lipinski definition) is 2. The fourth-order valence-electron chi connectivity index (χ4n) is 1.58. The molecule has 0 fully saturated rings. The molecular formula is C13H16O2. The second kappa shape index (κ2) is 5.35. The maximum absolute atomic E-state index is 11.6. The minimum absolute atomic E-state index is 0.0693. The van der Waals surface area contributed by atoms with E-state index in [1.807, 2.05) is 37.3 Å². The lowest BCUT2D eigenvalue weighted by molar-refractivity contribution is -0.143. The molecule has 0 aliphatic rings. The van der Waals surface area contributed by atoms with Crippen molar-refractivity contribution in [3.05, 3.63) is 48.6 Å². The molecule has 0 aliphatic heterocycles. The number of carbonyl (C=O) groups is 1. The van der Waals surface area contributed by atoms with Crippen LogP contribution in [0.1, 0.15) is 18.4 Å². The molecule has 0 aromatic heterocycles. The zero-order chi connectivity index (χ0) is 11.3. The zero-order valence-corrected chi connectivity index (χ0v) is 9.14. The van der Waals surface area contributed by atoms with Gasteiger partial charge in [0.2, 0.25) is 0 Å². The van der Waals surface area contributed by atoms with Crippen LogP contribution in [0.25, 0.3) is 0 Å². The van der Waals surface area contributed by atoms with Crippen molar-refractivity contribution in [2.75, 3.05) is 7.11 Å². The predicted octanol–water partition coefficient (Wildman–Crippen LogP) is 2.77. The summed E-state index contributed by atoms with van der Waals surface area (Å²) in [5.74, 6) is -0.401. The van der Waals surface area contributed by atoms with Crippen LogP contribution in [0.2, 0.25) is 0 Å². The van der Waals surface area contributed by atoms with Gasteiger partial charge >= 0.3 is 5.97 Å². The zero-order valence-electron chi connectivity index (χ0n) is 9.14. The lowest BCUT2D eigenvalue weighted by Gasteiger charge is -2.19. The molecule has 2 heteroatoms. The summed E-state index contributed by atoms with van der Waals surface area (Å²) in [5, 5.41) is 0. The van der Waals surface area contributed by atoms with Crippen LogP contribution in [0.3, 0.4) is 0 Å². The predicted molar refractivity (Wildman–Crippen MR) is 60.6 cm³/mol. The van der Waals surface area contributed by atoms with E-state index in [0.29, 0.717) is 0 Å². The molecule has 2 unspecified atom stereocenters. The fourth-order valence-corrected chi connectivity index (χ4v) is 1.58. The molecule has 0 aliphatic carbocycles. The van der Waals surface area contributed by atoms with E-state index in [-0.39, 0.29) is 17.8 Å². The monoisotopic (exact) mass is 204 g/mol. The van der Waals surface area contributed by atoms with Crippen molar-refractivity contribution >= 4 is 5.97 Å². The summed E-state index contributed by atoms with van der Waals surface area (Å²) in [6.45, 7) is 5.68. The van der Waals surface area contributed by atoms with Crippen molar-refractivity contribution in [1.29, 1.82) is 0 Å². The molecule has 0 spiro atoms. The van der Waals surface area contributed by atoms with Gasteiger partial charge in [0.1, 0.15) is 0 Å². The average Bonchev–Trinajstić information content (AvgIpc) is 2.30. The second-order valence-corrected chi connectivity index (χ2v) is 3.51. The Morgan fingerprint density at radius 1 is 1.40 bits per heavy atom. The van der Waals surface area contributed by atoms with Gasteiger partial charge in [-0.25, -0.2) is 0 Å². The molecule has 80 valence electrons. The van der Waals surface area contributed by atoms with Crippen LogP contribution in [0.15, 0.2) is 43.0 Å². The van der Waals surface area contributed by atoms with Gasteiger partial charge in [0.15, 0.2) is 0 Å². The molecule has 1 aromatic carbocycles. The average molecular weight is 204 g/mol. The molecule has 2 atom stereocenters. The van der Waals surface area contributed by atoms with Crippen molar-refractivity contribution < 1.29 is 9.53 Å². The summed E-state index contributed by atoms with van der Waals surface area (Å²) in [4.78, 5) is 11.6. The molecule has 0 bridgehead atoms. The number of carbonyl (C=O) groups excluding carboxylic acids is 1. The summed E-state index contributed by atoms with van der Waals surface area (Å²) in [6.07, 6.45) is 1.77. The van der Waals surface area contributed by atoms with Crippen LogP contribution in [0, 0.1) is 5.92 Å². The molecule has 0 N–H and O–H groups in total. The Kier molecular flexibility index (Phi) is 4.10. The van der Waals surface area contributed by atoms with E-state index in [1.54, 1.807) is 6.08 Å². The van der Waals surface area contributed by atoms with Crippen LogP contribution in [0.4, 0.5) is 0 Å². The maximum Gasteiger partial charge on any atom is 0.313 e. The highest BCUT2D eigenvalue weighted by atomic mass is 16.5. The van der Waals surface area contributed by atoms with Crippen LogP contribution in [0.5, 0.6) is 0 Å². The molecular weight excluding hydrogens is 188 g/mol. The van der Waals surface area contributed by atoms with Gasteiger partial charge in [0, 0.05) is 0 Å². The number of ether oxygens (including phenoxy) is 1. The minimum Gasteiger partial charge on any atom is -0.469 e. The van der Waals surface area contributed by atoms with E-state index in [2.05, 4.69) is 6.58 Å². The van der Waals surface area contributed by atoms with E-state index in [0.717, 1.165) is 5.56 Å². The van der Waals surface area contributed by atoms with Gasteiger partial charge in [-0.1, -0.05) is 43.3 Å². The first-order valence-electron chi connectivity index (χ1n) is 4.96. The summed E-state index contributed by atoms with van der Waals surface area (Å²) in [6, 6.07) is 9.63. The molecule has 15 heavy (non-hydrogen) atoms. The molecule has 1 rings (SSSR count). The lowest BCUT2D eigenvalue weighted by atomic mass is 9.87. The van der Waals surface area contributed by atoms with E-state index in [4.69, 9.17) is 4.74 Å². The first kappa shape index (κ1) is 11.5. The van der Waals surface area contributed by atoms with Crippen LogP contribution in [-0.2, 0) is 9.53 Å². The quantitative estimate of drug-likeness (QED) is 0.557. The maximum atomic E-state index is 11.6. The fraction of sp³-hybridized carbons (Fsp3) is 0.308. The molecule has 0 saturated carbocycles. The number of rotatable bonds is 4. The Balaban J connectivity index is 3.01. The molecule has 0 heterocycles. The third kappa shape index (κ3) is 2.69. The van der Waals surface area contributed by atoms with Crippen molar-refractivity contribution in [2.24, 2.45) is 5.92 Å². The van der Waals surface area contributed by atoms with E-state index in [1.165, 1.54) is 7.11 Å². The van der Waals surface area contributed by atoms with Gasteiger partial charge in [0.05, 0.1) is 13.0 Å². The molecule has 1 aromatic rings. The summed E-state index contributed by atoms with van der Waals surface area (Å²) < 4.78 is 4.80. The number of esters is 1. The van der Waals surface area contributed by atoms with E-state index in [9.17, 15) is 4.79 Å². The number of methoxy groups -OCH3 is 1. The standard InChI is InChI=1S/C13H16O2/c1-4-10(2)12(13(14)15-3)11-8-6-5-7-9-11/h4-10,12H,1H2,2-3H3. The van der Waals surface area contributed by atoms with Crippen LogP contribution in [-0.4, -0.2) is 13.1 Å². The molecule has 2 nitrogen and oxygen atoms in total. The van der Waals surface area contributed by atoms with Crippen molar-refractivity contribution in [3.8, 4) is 0 Å². The van der Waals surface area contributed by atoms with Gasteiger partial charge in [-0.2, -0.15) is 0 Å². The first-order chi connectivity index (χ1) is 7.20. The van der Waals surface area contributed by atoms with Gasteiger partial charge in [-0.05, 0) is 11.5 Å². The van der Waals surface area contributed by atoms with Crippen LogP contribution < -0.4 is 0 Å². The summed E-state index contributed by atoms with van der Waals surface area (Å²) >= 11 is 0.